The van der Waals surface area contributed by atoms with Gasteiger partial charge in [0, 0.05) is 35.3 Å². The number of halogens is 1. The maximum atomic E-state index is 10.7. The van der Waals surface area contributed by atoms with E-state index in [2.05, 4.69) is 9.88 Å². The Morgan fingerprint density at radius 1 is 1.08 bits per heavy atom. The van der Waals surface area contributed by atoms with Gasteiger partial charge in [0.1, 0.15) is 5.75 Å². The molecule has 0 bridgehead atoms. The number of morpholine rings is 1. The van der Waals surface area contributed by atoms with Crippen molar-refractivity contribution in [3.63, 3.8) is 0 Å². The SMILES string of the molecule is Oc1cc2cccnc2cc1C(c1ccc(Cl)cc1)N1CCOCC1. The van der Waals surface area contributed by atoms with Crippen molar-refractivity contribution < 1.29 is 9.84 Å². The van der Waals surface area contributed by atoms with Gasteiger partial charge >= 0.3 is 0 Å². The highest BCUT2D eigenvalue weighted by atomic mass is 35.5. The molecule has 1 unspecified atom stereocenters. The molecule has 3 aromatic rings. The number of phenols is 1. The Kier molecular flexibility index (Phi) is 4.57. The summed E-state index contributed by atoms with van der Waals surface area (Å²) in [5.41, 5.74) is 2.83. The fourth-order valence-corrected chi connectivity index (χ4v) is 3.54. The van der Waals surface area contributed by atoms with Crippen LogP contribution in [0.15, 0.2) is 54.7 Å². The molecule has 128 valence electrons. The second-order valence-corrected chi connectivity index (χ2v) is 6.65. The zero-order valence-electron chi connectivity index (χ0n) is 13.7. The Morgan fingerprint density at radius 3 is 2.60 bits per heavy atom. The molecule has 1 atom stereocenters. The van der Waals surface area contributed by atoms with E-state index in [0.29, 0.717) is 18.2 Å². The van der Waals surface area contributed by atoms with Crippen molar-refractivity contribution in [2.24, 2.45) is 0 Å². The molecule has 1 saturated heterocycles. The first-order valence-electron chi connectivity index (χ1n) is 8.37. The fraction of sp³-hybridized carbons (Fsp3) is 0.250. The first kappa shape index (κ1) is 16.3. The molecule has 5 heteroatoms. The number of ether oxygens (including phenoxy) is 1. The van der Waals surface area contributed by atoms with Crippen LogP contribution in [0.4, 0.5) is 0 Å². The number of hydrogen-bond donors (Lipinski definition) is 1. The lowest BCUT2D eigenvalue weighted by molar-refractivity contribution is 0.0236. The predicted molar refractivity (Wildman–Crippen MR) is 99.1 cm³/mol. The molecule has 1 aliphatic rings. The minimum absolute atomic E-state index is 0.0624. The highest BCUT2D eigenvalue weighted by Crippen LogP contribution is 2.37. The van der Waals surface area contributed by atoms with Crippen LogP contribution in [0.3, 0.4) is 0 Å². The molecule has 1 N–H and O–H groups in total. The topological polar surface area (TPSA) is 45.6 Å². The molecular weight excluding hydrogens is 336 g/mol. The van der Waals surface area contributed by atoms with E-state index >= 15 is 0 Å². The molecular formula is C20H19ClN2O2. The maximum absolute atomic E-state index is 10.7. The summed E-state index contributed by atoms with van der Waals surface area (Å²) in [6, 6.07) is 15.4. The molecule has 0 radical (unpaired) electrons. The van der Waals surface area contributed by atoms with Gasteiger partial charge in [-0.1, -0.05) is 29.8 Å². The number of phenolic OH excluding ortho intramolecular Hbond substituents is 1. The number of aromatic hydroxyl groups is 1. The van der Waals surface area contributed by atoms with Gasteiger partial charge in [0.15, 0.2) is 0 Å². The fourth-order valence-electron chi connectivity index (χ4n) is 3.41. The van der Waals surface area contributed by atoms with Gasteiger partial charge in [0.2, 0.25) is 0 Å². The Balaban J connectivity index is 1.84. The van der Waals surface area contributed by atoms with Gasteiger partial charge in [-0.15, -0.1) is 0 Å². The van der Waals surface area contributed by atoms with Crippen molar-refractivity contribution >= 4 is 22.5 Å². The molecule has 1 fully saturated rings. The molecule has 1 aliphatic heterocycles. The first-order chi connectivity index (χ1) is 12.2. The van der Waals surface area contributed by atoms with Gasteiger partial charge in [-0.3, -0.25) is 9.88 Å². The third-order valence-electron chi connectivity index (χ3n) is 4.64. The van der Waals surface area contributed by atoms with Crippen LogP contribution in [-0.4, -0.2) is 41.3 Å². The summed E-state index contributed by atoms with van der Waals surface area (Å²) < 4.78 is 5.50. The third-order valence-corrected chi connectivity index (χ3v) is 4.89. The van der Waals surface area contributed by atoms with Crippen LogP contribution in [0, 0.1) is 0 Å². The summed E-state index contributed by atoms with van der Waals surface area (Å²) in [6.07, 6.45) is 1.77. The second kappa shape index (κ2) is 7.00. The molecule has 0 amide bonds. The Hall–Kier alpha value is -2.14. The lowest BCUT2D eigenvalue weighted by Crippen LogP contribution is -2.39. The van der Waals surface area contributed by atoms with Gasteiger partial charge in [0.25, 0.3) is 0 Å². The van der Waals surface area contributed by atoms with Crippen molar-refractivity contribution in [1.82, 2.24) is 9.88 Å². The molecule has 0 saturated carbocycles. The van der Waals surface area contributed by atoms with E-state index in [0.717, 1.165) is 35.1 Å². The number of aromatic nitrogens is 1. The van der Waals surface area contributed by atoms with E-state index in [9.17, 15) is 5.11 Å². The summed E-state index contributed by atoms with van der Waals surface area (Å²) in [4.78, 5) is 6.77. The smallest absolute Gasteiger partial charge is 0.121 e. The molecule has 4 rings (SSSR count). The minimum Gasteiger partial charge on any atom is -0.508 e. The van der Waals surface area contributed by atoms with Gasteiger partial charge in [-0.25, -0.2) is 0 Å². The van der Waals surface area contributed by atoms with Crippen LogP contribution in [-0.2, 0) is 4.74 Å². The van der Waals surface area contributed by atoms with E-state index in [1.807, 2.05) is 42.5 Å². The first-order valence-corrected chi connectivity index (χ1v) is 8.75. The van der Waals surface area contributed by atoms with E-state index < -0.39 is 0 Å². The highest BCUT2D eigenvalue weighted by Gasteiger charge is 2.27. The zero-order chi connectivity index (χ0) is 17.2. The van der Waals surface area contributed by atoms with Crippen molar-refractivity contribution in [2.75, 3.05) is 26.3 Å². The molecule has 2 aromatic carbocycles. The quantitative estimate of drug-likeness (QED) is 0.771. The number of rotatable bonds is 3. The molecule has 1 aromatic heterocycles. The summed E-state index contributed by atoms with van der Waals surface area (Å²) in [7, 11) is 0. The van der Waals surface area contributed by atoms with Crippen LogP contribution in [0.25, 0.3) is 10.9 Å². The minimum atomic E-state index is -0.0624. The average molecular weight is 355 g/mol. The highest BCUT2D eigenvalue weighted by molar-refractivity contribution is 6.30. The van der Waals surface area contributed by atoms with Crippen LogP contribution in [0.5, 0.6) is 5.75 Å². The monoisotopic (exact) mass is 354 g/mol. The molecule has 0 aliphatic carbocycles. The summed E-state index contributed by atoms with van der Waals surface area (Å²) >= 11 is 6.06. The number of fused-ring (bicyclic) bond motifs is 1. The standard InChI is InChI=1S/C20H19ClN2O2/c21-16-5-3-14(4-6-16)20(23-8-10-25-11-9-23)17-13-18-15(12-19(17)24)2-1-7-22-18/h1-7,12-13,20,24H,8-11H2. The van der Waals surface area contributed by atoms with E-state index in [4.69, 9.17) is 16.3 Å². The van der Waals surface area contributed by atoms with Crippen molar-refractivity contribution in [3.8, 4) is 5.75 Å². The lowest BCUT2D eigenvalue weighted by atomic mass is 9.94. The predicted octanol–water partition coefficient (Wildman–Crippen LogP) is 4.02. The van der Waals surface area contributed by atoms with Gasteiger partial charge in [-0.2, -0.15) is 0 Å². The molecule has 4 nitrogen and oxygen atoms in total. The lowest BCUT2D eigenvalue weighted by Gasteiger charge is -2.35. The van der Waals surface area contributed by atoms with E-state index in [1.54, 1.807) is 12.3 Å². The summed E-state index contributed by atoms with van der Waals surface area (Å²) in [5, 5.41) is 12.3. The van der Waals surface area contributed by atoms with Crippen LogP contribution in [0.1, 0.15) is 17.2 Å². The molecule has 25 heavy (non-hydrogen) atoms. The molecule has 2 heterocycles. The van der Waals surface area contributed by atoms with Gasteiger partial charge < -0.3 is 9.84 Å². The largest absolute Gasteiger partial charge is 0.508 e. The zero-order valence-corrected chi connectivity index (χ0v) is 14.5. The average Bonchev–Trinajstić information content (AvgIpc) is 2.65. The third kappa shape index (κ3) is 3.33. The number of nitrogens with zero attached hydrogens (tertiary/aromatic N) is 2. The molecule has 0 spiro atoms. The van der Waals surface area contributed by atoms with Crippen molar-refractivity contribution in [3.05, 3.63) is 70.9 Å². The van der Waals surface area contributed by atoms with Crippen LogP contribution < -0.4 is 0 Å². The van der Waals surface area contributed by atoms with E-state index in [-0.39, 0.29) is 11.8 Å². The summed E-state index contributed by atoms with van der Waals surface area (Å²) in [5.74, 6) is 0.284. The van der Waals surface area contributed by atoms with Crippen LogP contribution in [0.2, 0.25) is 5.02 Å². The Bertz CT molecular complexity index is 877. The number of pyridine rings is 1. The maximum Gasteiger partial charge on any atom is 0.121 e. The van der Waals surface area contributed by atoms with Crippen LogP contribution >= 0.6 is 11.6 Å². The Morgan fingerprint density at radius 2 is 1.84 bits per heavy atom. The normalized spacial score (nSPS) is 16.8. The van der Waals surface area contributed by atoms with Gasteiger partial charge in [0.05, 0.1) is 24.8 Å². The second-order valence-electron chi connectivity index (χ2n) is 6.21. The van der Waals surface area contributed by atoms with Crippen molar-refractivity contribution in [2.45, 2.75) is 6.04 Å². The number of benzene rings is 2. The summed E-state index contributed by atoms with van der Waals surface area (Å²) in [6.45, 7) is 3.01. The Labute approximate surface area is 151 Å². The van der Waals surface area contributed by atoms with Crippen molar-refractivity contribution in [1.29, 1.82) is 0 Å². The van der Waals surface area contributed by atoms with E-state index in [1.165, 1.54) is 0 Å². The van der Waals surface area contributed by atoms with Gasteiger partial charge in [-0.05, 0) is 35.9 Å². The number of hydrogen-bond acceptors (Lipinski definition) is 4.